The summed E-state index contributed by atoms with van der Waals surface area (Å²) in [6.07, 6.45) is 3.67. The maximum Gasteiger partial charge on any atom is 0.223 e. The van der Waals surface area contributed by atoms with E-state index in [2.05, 4.69) is 20.4 Å². The molecule has 1 saturated heterocycles. The summed E-state index contributed by atoms with van der Waals surface area (Å²) in [5, 5.41) is 0. The summed E-state index contributed by atoms with van der Waals surface area (Å²) in [6.45, 7) is 9.90. The molecule has 0 saturated carbocycles. The molecule has 0 bridgehead atoms. The molecule has 0 aromatic rings. The van der Waals surface area contributed by atoms with E-state index in [0.29, 0.717) is 24.2 Å². The smallest absolute Gasteiger partial charge is 0.223 e. The van der Waals surface area contributed by atoms with E-state index in [1.165, 1.54) is 0 Å². The molecule has 1 amide bonds. The molecule has 1 heterocycles. The molecule has 1 unspecified atom stereocenters. The van der Waals surface area contributed by atoms with Crippen molar-refractivity contribution in [3.63, 3.8) is 0 Å². The summed E-state index contributed by atoms with van der Waals surface area (Å²) in [5.74, 6) is 1.36. The molecule has 13 heavy (non-hydrogen) atoms. The fourth-order valence-electron chi connectivity index (χ4n) is 1.59. The summed E-state index contributed by atoms with van der Waals surface area (Å²) in [4.78, 5) is 13.4. The molecule has 0 N–H and O–H groups in total. The van der Waals surface area contributed by atoms with Crippen LogP contribution in [0.15, 0.2) is 12.7 Å². The first-order valence-corrected chi connectivity index (χ1v) is 5.03. The first-order chi connectivity index (χ1) is 6.13. The summed E-state index contributed by atoms with van der Waals surface area (Å²) in [5.41, 5.74) is 0. The first kappa shape index (κ1) is 10.3. The quantitative estimate of drug-likeness (QED) is 0.608. The van der Waals surface area contributed by atoms with Crippen molar-refractivity contribution < 1.29 is 4.79 Å². The number of carbonyl (C=O) groups is 1. The Morgan fingerprint density at radius 3 is 2.85 bits per heavy atom. The van der Waals surface area contributed by atoms with Gasteiger partial charge in [-0.1, -0.05) is 19.9 Å². The van der Waals surface area contributed by atoms with Crippen LogP contribution in [0.2, 0.25) is 0 Å². The molecule has 1 atom stereocenters. The normalized spacial score (nSPS) is 22.8. The van der Waals surface area contributed by atoms with Crippen LogP contribution in [0.3, 0.4) is 0 Å². The second-order valence-corrected chi connectivity index (χ2v) is 4.22. The van der Waals surface area contributed by atoms with E-state index in [-0.39, 0.29) is 0 Å². The Hall–Kier alpha value is -0.790. The van der Waals surface area contributed by atoms with Gasteiger partial charge in [0.2, 0.25) is 5.91 Å². The van der Waals surface area contributed by atoms with Gasteiger partial charge < -0.3 is 4.90 Å². The van der Waals surface area contributed by atoms with Crippen molar-refractivity contribution in [2.24, 2.45) is 11.8 Å². The van der Waals surface area contributed by atoms with Gasteiger partial charge in [-0.3, -0.25) is 4.79 Å². The summed E-state index contributed by atoms with van der Waals surface area (Å²) < 4.78 is 0. The van der Waals surface area contributed by atoms with Crippen LogP contribution < -0.4 is 0 Å². The Kier molecular flexibility index (Phi) is 3.52. The van der Waals surface area contributed by atoms with Gasteiger partial charge in [0.05, 0.1) is 0 Å². The topological polar surface area (TPSA) is 20.3 Å². The highest BCUT2D eigenvalue weighted by Gasteiger charge is 2.26. The lowest BCUT2D eigenvalue weighted by Crippen LogP contribution is -2.27. The molecular formula is C11H19NO. The van der Waals surface area contributed by atoms with Crippen molar-refractivity contribution in [1.29, 1.82) is 0 Å². The zero-order valence-electron chi connectivity index (χ0n) is 8.62. The molecule has 0 aromatic carbocycles. The molecule has 1 aliphatic heterocycles. The Bertz CT molecular complexity index is 198. The van der Waals surface area contributed by atoms with E-state index < -0.39 is 0 Å². The van der Waals surface area contributed by atoms with Gasteiger partial charge in [0.15, 0.2) is 0 Å². The molecular weight excluding hydrogens is 162 g/mol. The van der Waals surface area contributed by atoms with Crippen molar-refractivity contribution in [1.82, 2.24) is 4.90 Å². The number of hydrogen-bond acceptors (Lipinski definition) is 1. The van der Waals surface area contributed by atoms with Gasteiger partial charge >= 0.3 is 0 Å². The van der Waals surface area contributed by atoms with Gasteiger partial charge in [0, 0.05) is 25.4 Å². The van der Waals surface area contributed by atoms with Crippen molar-refractivity contribution in [3.05, 3.63) is 12.7 Å². The lowest BCUT2D eigenvalue weighted by molar-refractivity contribution is -0.127. The number of rotatable bonds is 4. The number of carbonyl (C=O) groups excluding carboxylic acids is 1. The second kappa shape index (κ2) is 4.45. The van der Waals surface area contributed by atoms with Crippen molar-refractivity contribution in [2.75, 3.05) is 13.1 Å². The van der Waals surface area contributed by atoms with E-state index in [1.54, 1.807) is 0 Å². The van der Waals surface area contributed by atoms with Crippen LogP contribution in [-0.2, 0) is 4.79 Å². The highest BCUT2D eigenvalue weighted by Crippen LogP contribution is 2.19. The van der Waals surface area contributed by atoms with E-state index in [9.17, 15) is 4.79 Å². The number of likely N-dealkylation sites (tertiary alicyclic amines) is 1. The number of amides is 1. The Balaban J connectivity index is 2.35. The average Bonchev–Trinajstić information content (AvgIpc) is 2.43. The lowest BCUT2D eigenvalue weighted by atomic mass is 10.1. The standard InChI is InChI=1S/C11H19NO/c1-4-10-7-11(13)12(8-10)6-5-9(2)3/h4,9-10H,1,5-8H2,2-3H3. The molecule has 1 fully saturated rings. The molecule has 2 heteroatoms. The Labute approximate surface area is 80.6 Å². The van der Waals surface area contributed by atoms with E-state index in [0.717, 1.165) is 19.5 Å². The maximum atomic E-state index is 11.4. The Morgan fingerprint density at radius 2 is 2.38 bits per heavy atom. The molecule has 0 aliphatic carbocycles. The number of hydrogen-bond donors (Lipinski definition) is 0. The van der Waals surface area contributed by atoms with Crippen LogP contribution in [0.5, 0.6) is 0 Å². The van der Waals surface area contributed by atoms with Gasteiger partial charge in [0.1, 0.15) is 0 Å². The van der Waals surface area contributed by atoms with Crippen LogP contribution in [0.1, 0.15) is 26.7 Å². The summed E-state index contributed by atoms with van der Waals surface area (Å²) >= 11 is 0. The van der Waals surface area contributed by atoms with Crippen LogP contribution in [-0.4, -0.2) is 23.9 Å². The van der Waals surface area contributed by atoms with Crippen LogP contribution in [0.25, 0.3) is 0 Å². The summed E-state index contributed by atoms with van der Waals surface area (Å²) in [7, 11) is 0. The molecule has 1 rings (SSSR count). The van der Waals surface area contributed by atoms with Gasteiger partial charge in [-0.25, -0.2) is 0 Å². The zero-order valence-corrected chi connectivity index (χ0v) is 8.62. The molecule has 2 nitrogen and oxygen atoms in total. The largest absolute Gasteiger partial charge is 0.342 e. The maximum absolute atomic E-state index is 11.4. The van der Waals surface area contributed by atoms with Gasteiger partial charge in [0.25, 0.3) is 0 Å². The van der Waals surface area contributed by atoms with Crippen LogP contribution >= 0.6 is 0 Å². The predicted molar refractivity (Wildman–Crippen MR) is 54.3 cm³/mol. The van der Waals surface area contributed by atoms with Gasteiger partial charge in [-0.05, 0) is 12.3 Å². The second-order valence-electron chi connectivity index (χ2n) is 4.22. The van der Waals surface area contributed by atoms with E-state index >= 15 is 0 Å². The van der Waals surface area contributed by atoms with Crippen molar-refractivity contribution >= 4 is 5.91 Å². The van der Waals surface area contributed by atoms with Gasteiger partial charge in [-0.2, -0.15) is 0 Å². The molecule has 74 valence electrons. The molecule has 0 spiro atoms. The first-order valence-electron chi connectivity index (χ1n) is 5.03. The average molecular weight is 181 g/mol. The highest BCUT2D eigenvalue weighted by atomic mass is 16.2. The fraction of sp³-hybridized carbons (Fsp3) is 0.727. The monoisotopic (exact) mass is 181 g/mol. The van der Waals surface area contributed by atoms with E-state index in [1.807, 2.05) is 11.0 Å². The van der Waals surface area contributed by atoms with Crippen molar-refractivity contribution in [3.8, 4) is 0 Å². The SMILES string of the molecule is C=CC1CC(=O)N(CCC(C)C)C1. The highest BCUT2D eigenvalue weighted by molar-refractivity contribution is 5.78. The Morgan fingerprint density at radius 1 is 1.69 bits per heavy atom. The third-order valence-electron chi connectivity index (χ3n) is 2.55. The third-order valence-corrected chi connectivity index (χ3v) is 2.55. The minimum atomic E-state index is 0.297. The molecule has 0 radical (unpaired) electrons. The van der Waals surface area contributed by atoms with Gasteiger partial charge in [-0.15, -0.1) is 6.58 Å². The van der Waals surface area contributed by atoms with E-state index in [4.69, 9.17) is 0 Å². The molecule has 0 aromatic heterocycles. The summed E-state index contributed by atoms with van der Waals surface area (Å²) in [6, 6.07) is 0. The van der Waals surface area contributed by atoms with Crippen LogP contribution in [0, 0.1) is 11.8 Å². The van der Waals surface area contributed by atoms with Crippen LogP contribution in [0.4, 0.5) is 0 Å². The molecule has 1 aliphatic rings. The number of nitrogens with zero attached hydrogens (tertiary/aromatic N) is 1. The zero-order chi connectivity index (χ0) is 9.84. The minimum Gasteiger partial charge on any atom is -0.342 e. The lowest BCUT2D eigenvalue weighted by Gasteiger charge is -2.16. The fourth-order valence-corrected chi connectivity index (χ4v) is 1.59. The third kappa shape index (κ3) is 2.87. The van der Waals surface area contributed by atoms with Crippen molar-refractivity contribution in [2.45, 2.75) is 26.7 Å². The minimum absolute atomic E-state index is 0.297. The predicted octanol–water partition coefficient (Wildman–Crippen LogP) is 2.07.